The van der Waals surface area contributed by atoms with Crippen molar-refractivity contribution in [3.05, 3.63) is 81.7 Å². The van der Waals surface area contributed by atoms with Gasteiger partial charge in [-0.3, -0.25) is 9.69 Å². The number of amides is 1. The fourth-order valence-electron chi connectivity index (χ4n) is 3.71. The summed E-state index contributed by atoms with van der Waals surface area (Å²) in [5, 5.41) is 3.38. The fraction of sp³-hybridized carbons (Fsp3) is 0.292. The quantitative estimate of drug-likeness (QED) is 0.489. The second kappa shape index (κ2) is 10.9. The minimum Gasteiger partial charge on any atom is -0.497 e. The Labute approximate surface area is 209 Å². The molecule has 0 atom stereocenters. The molecule has 1 aromatic heterocycles. The lowest BCUT2D eigenvalue weighted by molar-refractivity contribution is 0.0951. The molecule has 1 aliphatic heterocycles. The number of carbonyl (C=O) groups is 1. The van der Waals surface area contributed by atoms with Gasteiger partial charge in [0.1, 0.15) is 9.96 Å². The average Bonchev–Trinajstić information content (AvgIpc) is 3.34. The van der Waals surface area contributed by atoms with Gasteiger partial charge in [-0.05, 0) is 54.1 Å². The predicted molar refractivity (Wildman–Crippen MR) is 134 cm³/mol. The minimum atomic E-state index is -3.56. The first kappa shape index (κ1) is 24.7. The van der Waals surface area contributed by atoms with Crippen molar-refractivity contribution < 1.29 is 17.9 Å². The largest absolute Gasteiger partial charge is 0.497 e. The third kappa shape index (κ3) is 5.97. The molecule has 0 spiro atoms. The molecular formula is C24H26ClN3O4S2. The highest BCUT2D eigenvalue weighted by Crippen LogP contribution is 2.26. The first-order chi connectivity index (χ1) is 16.3. The van der Waals surface area contributed by atoms with Crippen LogP contribution in [0.25, 0.3) is 0 Å². The SMILES string of the molecule is COc1ccc(CN2CCN(S(=O)(=O)c3ccc(CNC(=O)c4ccc(Cl)cc4)s3)CC2)cc1. The van der Waals surface area contributed by atoms with Crippen molar-refractivity contribution in [3.63, 3.8) is 0 Å². The lowest BCUT2D eigenvalue weighted by Crippen LogP contribution is -2.48. The van der Waals surface area contributed by atoms with Crippen LogP contribution in [-0.4, -0.2) is 56.8 Å². The zero-order valence-electron chi connectivity index (χ0n) is 18.7. The van der Waals surface area contributed by atoms with Gasteiger partial charge < -0.3 is 10.1 Å². The molecule has 180 valence electrons. The Bertz CT molecular complexity index is 1220. The zero-order chi connectivity index (χ0) is 24.1. The van der Waals surface area contributed by atoms with Gasteiger partial charge in [-0.15, -0.1) is 11.3 Å². The number of nitrogens with one attached hydrogen (secondary N) is 1. The number of halogens is 1. The Hall–Kier alpha value is -2.43. The molecule has 3 aromatic rings. The molecule has 0 bridgehead atoms. The van der Waals surface area contributed by atoms with Gasteiger partial charge in [-0.1, -0.05) is 23.7 Å². The van der Waals surface area contributed by atoms with Crippen LogP contribution in [-0.2, 0) is 23.1 Å². The summed E-state index contributed by atoms with van der Waals surface area (Å²) >= 11 is 7.04. The lowest BCUT2D eigenvalue weighted by Gasteiger charge is -2.33. The second-order valence-electron chi connectivity index (χ2n) is 7.94. The van der Waals surface area contributed by atoms with Gasteiger partial charge in [-0.25, -0.2) is 8.42 Å². The fourth-order valence-corrected chi connectivity index (χ4v) is 6.70. The van der Waals surface area contributed by atoms with Crippen LogP contribution < -0.4 is 10.1 Å². The number of ether oxygens (including phenoxy) is 1. The van der Waals surface area contributed by atoms with Crippen LogP contribution in [0, 0.1) is 0 Å². The molecule has 0 unspecified atom stereocenters. The molecule has 2 heterocycles. The molecule has 1 aliphatic rings. The number of hydrogen-bond donors (Lipinski definition) is 1. The Morgan fingerprint density at radius 1 is 1.00 bits per heavy atom. The molecule has 34 heavy (non-hydrogen) atoms. The van der Waals surface area contributed by atoms with Crippen LogP contribution in [0.2, 0.25) is 5.02 Å². The summed E-state index contributed by atoms with van der Waals surface area (Å²) < 4.78 is 33.3. The van der Waals surface area contributed by atoms with Crippen molar-refractivity contribution in [2.45, 2.75) is 17.3 Å². The Morgan fingerprint density at radius 3 is 2.32 bits per heavy atom. The van der Waals surface area contributed by atoms with E-state index in [0.29, 0.717) is 41.0 Å². The summed E-state index contributed by atoms with van der Waals surface area (Å²) in [7, 11) is -1.92. The van der Waals surface area contributed by atoms with Crippen molar-refractivity contribution in [1.82, 2.24) is 14.5 Å². The number of hydrogen-bond acceptors (Lipinski definition) is 6. The van der Waals surface area contributed by atoms with E-state index in [1.54, 1.807) is 47.8 Å². The average molecular weight is 520 g/mol. The van der Waals surface area contributed by atoms with Crippen molar-refractivity contribution in [2.24, 2.45) is 0 Å². The number of rotatable bonds is 8. The molecule has 4 rings (SSSR count). The molecule has 0 radical (unpaired) electrons. The molecule has 0 aliphatic carbocycles. The van der Waals surface area contributed by atoms with E-state index in [1.165, 1.54) is 16.9 Å². The van der Waals surface area contributed by atoms with Crippen molar-refractivity contribution in [3.8, 4) is 5.75 Å². The number of nitrogens with zero attached hydrogens (tertiary/aromatic N) is 2. The summed E-state index contributed by atoms with van der Waals surface area (Å²) in [6, 6.07) is 17.9. The summed E-state index contributed by atoms with van der Waals surface area (Å²) in [6.45, 7) is 3.25. The van der Waals surface area contributed by atoms with Gasteiger partial charge in [-0.2, -0.15) is 4.31 Å². The number of piperazine rings is 1. The molecular weight excluding hydrogens is 494 g/mol. The first-order valence-electron chi connectivity index (χ1n) is 10.8. The highest BCUT2D eigenvalue weighted by atomic mass is 35.5. The molecule has 2 aromatic carbocycles. The monoisotopic (exact) mass is 519 g/mol. The van der Waals surface area contributed by atoms with Crippen molar-refractivity contribution in [2.75, 3.05) is 33.3 Å². The number of methoxy groups -OCH3 is 1. The summed E-state index contributed by atoms with van der Waals surface area (Å²) in [4.78, 5) is 15.3. The smallest absolute Gasteiger partial charge is 0.252 e. The Morgan fingerprint density at radius 2 is 1.68 bits per heavy atom. The van der Waals surface area contributed by atoms with Crippen LogP contribution in [0.3, 0.4) is 0 Å². The molecule has 1 amide bonds. The number of thiophene rings is 1. The third-order valence-electron chi connectivity index (χ3n) is 5.66. The van der Waals surface area contributed by atoms with Gasteiger partial charge in [0.2, 0.25) is 0 Å². The van der Waals surface area contributed by atoms with E-state index >= 15 is 0 Å². The Balaban J connectivity index is 1.30. The highest BCUT2D eigenvalue weighted by molar-refractivity contribution is 7.91. The minimum absolute atomic E-state index is 0.234. The van der Waals surface area contributed by atoms with Crippen LogP contribution in [0.1, 0.15) is 20.8 Å². The molecule has 0 saturated carbocycles. The topological polar surface area (TPSA) is 79.0 Å². The van der Waals surface area contributed by atoms with E-state index in [-0.39, 0.29) is 12.5 Å². The van der Waals surface area contributed by atoms with Crippen LogP contribution in [0.5, 0.6) is 5.75 Å². The second-order valence-corrected chi connectivity index (χ2v) is 11.7. The van der Waals surface area contributed by atoms with E-state index in [0.717, 1.165) is 17.2 Å². The third-order valence-corrected chi connectivity index (χ3v) is 9.36. The standard InChI is InChI=1S/C24H26ClN3O4S2/c1-32-21-8-2-18(3-9-21)17-27-12-14-28(15-13-27)34(30,31)23-11-10-22(33-23)16-26-24(29)19-4-6-20(25)7-5-19/h2-11H,12-17H2,1H3,(H,26,29). The number of carbonyl (C=O) groups excluding carboxylic acids is 1. The lowest BCUT2D eigenvalue weighted by atomic mass is 10.2. The zero-order valence-corrected chi connectivity index (χ0v) is 21.1. The van der Waals surface area contributed by atoms with Crippen molar-refractivity contribution >= 4 is 38.9 Å². The molecule has 1 fully saturated rings. The van der Waals surface area contributed by atoms with Gasteiger partial charge in [0.15, 0.2) is 0 Å². The molecule has 1 saturated heterocycles. The van der Waals surface area contributed by atoms with E-state index in [1.807, 2.05) is 24.3 Å². The summed E-state index contributed by atoms with van der Waals surface area (Å²) in [5.74, 6) is 0.585. The van der Waals surface area contributed by atoms with Gasteiger partial charge in [0, 0.05) is 48.2 Å². The highest BCUT2D eigenvalue weighted by Gasteiger charge is 2.29. The maximum atomic E-state index is 13.1. The molecule has 7 nitrogen and oxygen atoms in total. The Kier molecular flexibility index (Phi) is 7.90. The van der Waals surface area contributed by atoms with E-state index in [4.69, 9.17) is 16.3 Å². The van der Waals surface area contributed by atoms with E-state index < -0.39 is 10.0 Å². The first-order valence-corrected chi connectivity index (χ1v) is 13.5. The summed E-state index contributed by atoms with van der Waals surface area (Å²) in [6.07, 6.45) is 0. The van der Waals surface area contributed by atoms with E-state index in [9.17, 15) is 13.2 Å². The predicted octanol–water partition coefficient (Wildman–Crippen LogP) is 3.85. The normalized spacial score (nSPS) is 15.2. The molecule has 10 heteroatoms. The van der Waals surface area contributed by atoms with Crippen molar-refractivity contribution in [1.29, 1.82) is 0 Å². The molecule has 1 N–H and O–H groups in total. The maximum Gasteiger partial charge on any atom is 0.252 e. The van der Waals surface area contributed by atoms with Gasteiger partial charge in [0.25, 0.3) is 15.9 Å². The van der Waals surface area contributed by atoms with Gasteiger partial charge >= 0.3 is 0 Å². The summed E-state index contributed by atoms with van der Waals surface area (Å²) in [5.41, 5.74) is 1.67. The van der Waals surface area contributed by atoms with Gasteiger partial charge in [0.05, 0.1) is 13.7 Å². The number of benzene rings is 2. The van der Waals surface area contributed by atoms with Crippen LogP contribution >= 0.6 is 22.9 Å². The van der Waals surface area contributed by atoms with Crippen LogP contribution in [0.4, 0.5) is 0 Å². The van der Waals surface area contributed by atoms with Crippen LogP contribution in [0.15, 0.2) is 64.9 Å². The number of sulfonamides is 1. The maximum absolute atomic E-state index is 13.1. The van der Waals surface area contributed by atoms with E-state index in [2.05, 4.69) is 10.2 Å².